The van der Waals surface area contributed by atoms with Crippen molar-refractivity contribution in [3.05, 3.63) is 29.8 Å². The summed E-state index contributed by atoms with van der Waals surface area (Å²) < 4.78 is 5.36. The predicted octanol–water partition coefficient (Wildman–Crippen LogP) is 3.32. The fraction of sp³-hybridized carbons (Fsp3) is 0.611. The number of carbonyl (C=O) groups excluding carboxylic acids is 1. The van der Waals surface area contributed by atoms with Crippen molar-refractivity contribution in [2.45, 2.75) is 52.0 Å². The molecule has 23 heavy (non-hydrogen) atoms. The maximum atomic E-state index is 12.1. The van der Waals surface area contributed by atoms with Gasteiger partial charge in [-0.1, -0.05) is 44.9 Å². The monoisotopic (exact) mass is 342 g/mol. The Morgan fingerprint density at radius 1 is 1.35 bits per heavy atom. The molecule has 132 valence electrons. The lowest BCUT2D eigenvalue weighted by Crippen LogP contribution is -2.40. The lowest BCUT2D eigenvalue weighted by atomic mass is 9.97. The van der Waals surface area contributed by atoms with E-state index in [9.17, 15) is 4.79 Å². The van der Waals surface area contributed by atoms with E-state index >= 15 is 0 Å². The zero-order chi connectivity index (χ0) is 16.4. The molecule has 0 heterocycles. The number of nitrogens with one attached hydrogen (secondary N) is 1. The van der Waals surface area contributed by atoms with Gasteiger partial charge in [-0.15, -0.1) is 12.4 Å². The first kappa shape index (κ1) is 21.7. The van der Waals surface area contributed by atoms with Crippen LogP contribution in [0.25, 0.3) is 0 Å². The summed E-state index contributed by atoms with van der Waals surface area (Å²) in [5.41, 5.74) is 6.87. The number of hydrogen-bond acceptors (Lipinski definition) is 3. The molecule has 0 aliphatic heterocycles. The number of amides is 1. The number of carbonyl (C=O) groups is 1. The van der Waals surface area contributed by atoms with Crippen LogP contribution in [-0.2, 0) is 11.2 Å². The van der Waals surface area contributed by atoms with Gasteiger partial charge in [-0.05, 0) is 30.4 Å². The van der Waals surface area contributed by atoms with Crippen molar-refractivity contribution in [3.63, 3.8) is 0 Å². The van der Waals surface area contributed by atoms with Crippen molar-refractivity contribution < 1.29 is 9.53 Å². The molecule has 4 nitrogen and oxygen atoms in total. The second-order valence-corrected chi connectivity index (χ2v) is 5.97. The molecular weight excluding hydrogens is 312 g/mol. The highest BCUT2D eigenvalue weighted by Crippen LogP contribution is 2.22. The number of rotatable bonds is 10. The summed E-state index contributed by atoms with van der Waals surface area (Å²) in [5, 5.41) is 3.05. The van der Waals surface area contributed by atoms with E-state index in [1.165, 1.54) is 0 Å². The van der Waals surface area contributed by atoms with Gasteiger partial charge in [-0.3, -0.25) is 4.79 Å². The van der Waals surface area contributed by atoms with Gasteiger partial charge in [-0.2, -0.15) is 0 Å². The van der Waals surface area contributed by atoms with E-state index in [0.29, 0.717) is 13.0 Å². The van der Waals surface area contributed by atoms with Gasteiger partial charge in [-0.25, -0.2) is 0 Å². The summed E-state index contributed by atoms with van der Waals surface area (Å²) >= 11 is 0. The van der Waals surface area contributed by atoms with Gasteiger partial charge in [0.1, 0.15) is 5.75 Å². The second-order valence-electron chi connectivity index (χ2n) is 5.97. The van der Waals surface area contributed by atoms with Crippen LogP contribution in [-0.4, -0.2) is 25.6 Å². The van der Waals surface area contributed by atoms with Gasteiger partial charge in [0.2, 0.25) is 5.91 Å². The van der Waals surface area contributed by atoms with E-state index < -0.39 is 0 Å². The SMILES string of the molecule is CCCCC(CN)NC(=O)CC(C)Cc1ccccc1OC.Cl. The number of methoxy groups -OCH3 is 1. The van der Waals surface area contributed by atoms with E-state index in [1.807, 2.05) is 18.2 Å². The van der Waals surface area contributed by atoms with E-state index in [4.69, 9.17) is 10.5 Å². The molecule has 2 atom stereocenters. The number of nitrogens with two attached hydrogens (primary N) is 1. The van der Waals surface area contributed by atoms with Crippen LogP contribution in [0.2, 0.25) is 0 Å². The van der Waals surface area contributed by atoms with Crippen LogP contribution in [0, 0.1) is 5.92 Å². The van der Waals surface area contributed by atoms with Crippen LogP contribution in [0.5, 0.6) is 5.75 Å². The van der Waals surface area contributed by atoms with Gasteiger partial charge >= 0.3 is 0 Å². The smallest absolute Gasteiger partial charge is 0.220 e. The Bertz CT molecular complexity index is 454. The van der Waals surface area contributed by atoms with Crippen molar-refractivity contribution in [2.24, 2.45) is 11.7 Å². The van der Waals surface area contributed by atoms with Crippen molar-refractivity contribution in [1.82, 2.24) is 5.32 Å². The molecule has 3 N–H and O–H groups in total. The summed E-state index contributed by atoms with van der Waals surface area (Å²) in [7, 11) is 1.68. The van der Waals surface area contributed by atoms with Crippen LogP contribution >= 0.6 is 12.4 Å². The van der Waals surface area contributed by atoms with Crippen LogP contribution in [0.3, 0.4) is 0 Å². The molecule has 0 spiro atoms. The van der Waals surface area contributed by atoms with Crippen molar-refractivity contribution in [2.75, 3.05) is 13.7 Å². The van der Waals surface area contributed by atoms with Gasteiger partial charge in [0, 0.05) is 19.0 Å². The van der Waals surface area contributed by atoms with Gasteiger partial charge in [0.25, 0.3) is 0 Å². The first-order valence-electron chi connectivity index (χ1n) is 8.22. The van der Waals surface area contributed by atoms with Gasteiger partial charge < -0.3 is 15.8 Å². The van der Waals surface area contributed by atoms with Crippen molar-refractivity contribution >= 4 is 18.3 Å². The molecule has 0 aromatic heterocycles. The van der Waals surface area contributed by atoms with Gasteiger partial charge in [0.05, 0.1) is 7.11 Å². The predicted molar refractivity (Wildman–Crippen MR) is 98.2 cm³/mol. The number of benzene rings is 1. The fourth-order valence-electron chi connectivity index (χ4n) is 2.62. The molecule has 0 radical (unpaired) electrons. The molecule has 0 saturated heterocycles. The van der Waals surface area contributed by atoms with E-state index in [2.05, 4.69) is 25.2 Å². The number of halogens is 1. The number of hydrogen-bond donors (Lipinski definition) is 2. The maximum Gasteiger partial charge on any atom is 0.220 e. The molecule has 1 rings (SSSR count). The fourth-order valence-corrected chi connectivity index (χ4v) is 2.62. The van der Waals surface area contributed by atoms with Crippen LogP contribution in [0.4, 0.5) is 0 Å². The Kier molecular flexibility index (Phi) is 11.5. The molecule has 5 heteroatoms. The van der Waals surface area contributed by atoms with Crippen LogP contribution < -0.4 is 15.8 Å². The lowest BCUT2D eigenvalue weighted by Gasteiger charge is -2.19. The zero-order valence-electron chi connectivity index (χ0n) is 14.5. The second kappa shape index (κ2) is 12.2. The first-order chi connectivity index (χ1) is 10.6. The third kappa shape index (κ3) is 8.24. The van der Waals surface area contributed by atoms with Crippen molar-refractivity contribution in [1.29, 1.82) is 0 Å². The quantitative estimate of drug-likeness (QED) is 0.685. The highest BCUT2D eigenvalue weighted by atomic mass is 35.5. The highest BCUT2D eigenvalue weighted by molar-refractivity contribution is 5.85. The molecule has 0 saturated carbocycles. The van der Waals surface area contributed by atoms with Crippen LogP contribution in [0.1, 0.15) is 45.1 Å². The normalized spacial score (nSPS) is 12.9. The molecule has 0 aliphatic rings. The van der Waals surface area contributed by atoms with Crippen LogP contribution in [0.15, 0.2) is 24.3 Å². The maximum absolute atomic E-state index is 12.1. The molecule has 2 unspecified atom stereocenters. The molecule has 0 aliphatic carbocycles. The lowest BCUT2D eigenvalue weighted by molar-refractivity contribution is -0.122. The zero-order valence-corrected chi connectivity index (χ0v) is 15.3. The Morgan fingerprint density at radius 2 is 2.04 bits per heavy atom. The van der Waals surface area contributed by atoms with E-state index in [0.717, 1.165) is 37.0 Å². The summed E-state index contributed by atoms with van der Waals surface area (Å²) in [6.07, 6.45) is 4.52. The Morgan fingerprint density at radius 3 is 2.65 bits per heavy atom. The molecule has 1 amide bonds. The third-order valence-electron chi connectivity index (χ3n) is 3.85. The number of para-hydroxylation sites is 1. The topological polar surface area (TPSA) is 64.3 Å². The number of ether oxygens (including phenoxy) is 1. The molecule has 1 aromatic rings. The minimum Gasteiger partial charge on any atom is -0.496 e. The molecule has 0 fully saturated rings. The standard InChI is InChI=1S/C18H30N2O2.ClH/c1-4-5-9-16(13-19)20-18(21)12-14(2)11-15-8-6-7-10-17(15)22-3;/h6-8,10,14,16H,4-5,9,11-13,19H2,1-3H3,(H,20,21);1H. The van der Waals surface area contributed by atoms with E-state index in [1.54, 1.807) is 7.11 Å². The van der Waals surface area contributed by atoms with E-state index in [-0.39, 0.29) is 30.3 Å². The third-order valence-corrected chi connectivity index (χ3v) is 3.85. The Hall–Kier alpha value is -1.26. The van der Waals surface area contributed by atoms with Crippen molar-refractivity contribution in [3.8, 4) is 5.75 Å². The molecular formula is C18H31ClN2O2. The first-order valence-corrected chi connectivity index (χ1v) is 8.22. The summed E-state index contributed by atoms with van der Waals surface area (Å²) in [4.78, 5) is 12.1. The highest BCUT2D eigenvalue weighted by Gasteiger charge is 2.15. The number of unbranched alkanes of at least 4 members (excludes halogenated alkanes) is 1. The van der Waals surface area contributed by atoms with Gasteiger partial charge in [0.15, 0.2) is 0 Å². The minimum atomic E-state index is 0. The Labute approximate surface area is 146 Å². The molecule has 0 bridgehead atoms. The average Bonchev–Trinajstić information content (AvgIpc) is 2.51. The summed E-state index contributed by atoms with van der Waals surface area (Å²) in [6, 6.07) is 8.07. The minimum absolute atomic E-state index is 0. The summed E-state index contributed by atoms with van der Waals surface area (Å²) in [5.74, 6) is 1.24. The average molecular weight is 343 g/mol. The molecule has 1 aromatic carbocycles. The largest absolute Gasteiger partial charge is 0.496 e. The summed E-state index contributed by atoms with van der Waals surface area (Å²) in [6.45, 7) is 4.74. The Balaban J connectivity index is 0.00000484.